The van der Waals surface area contributed by atoms with Crippen molar-refractivity contribution >= 4 is 5.91 Å². The predicted molar refractivity (Wildman–Crippen MR) is 103 cm³/mol. The minimum absolute atomic E-state index is 0.220. The van der Waals surface area contributed by atoms with Gasteiger partial charge in [-0.05, 0) is 75.7 Å². The number of hydrogen-bond donors (Lipinski definition) is 1. The van der Waals surface area contributed by atoms with E-state index in [9.17, 15) is 4.79 Å². The number of amides is 1. The van der Waals surface area contributed by atoms with Gasteiger partial charge in [0.1, 0.15) is 0 Å². The fraction of sp³-hybridized carbons (Fsp3) is 0.667. The fourth-order valence-corrected chi connectivity index (χ4v) is 4.26. The van der Waals surface area contributed by atoms with E-state index in [1.54, 1.807) is 14.2 Å². The van der Waals surface area contributed by atoms with Gasteiger partial charge in [0.15, 0.2) is 11.5 Å². The minimum atomic E-state index is 0.220. The molecule has 0 aromatic heterocycles. The van der Waals surface area contributed by atoms with Gasteiger partial charge in [-0.25, -0.2) is 0 Å². The second kappa shape index (κ2) is 9.26. The number of benzene rings is 1. The van der Waals surface area contributed by atoms with Crippen LogP contribution in [0.15, 0.2) is 18.2 Å². The van der Waals surface area contributed by atoms with Crippen LogP contribution in [0.2, 0.25) is 0 Å². The van der Waals surface area contributed by atoms with Crippen LogP contribution in [0.5, 0.6) is 11.5 Å². The molecule has 26 heavy (non-hydrogen) atoms. The third-order valence-corrected chi connectivity index (χ3v) is 5.81. The van der Waals surface area contributed by atoms with Crippen LogP contribution in [0.1, 0.15) is 44.1 Å². The van der Waals surface area contributed by atoms with Crippen LogP contribution in [0.25, 0.3) is 0 Å². The van der Waals surface area contributed by atoms with Crippen molar-refractivity contribution in [3.05, 3.63) is 23.8 Å². The van der Waals surface area contributed by atoms with Crippen LogP contribution in [0.3, 0.4) is 0 Å². The maximum Gasteiger partial charge on any atom is 0.226 e. The molecule has 1 amide bonds. The zero-order chi connectivity index (χ0) is 18.4. The van der Waals surface area contributed by atoms with E-state index in [0.29, 0.717) is 11.9 Å². The number of nitrogens with one attached hydrogen (secondary N) is 1. The Morgan fingerprint density at radius 2 is 1.88 bits per heavy atom. The molecule has 0 bridgehead atoms. The van der Waals surface area contributed by atoms with Gasteiger partial charge in [0.25, 0.3) is 0 Å². The molecule has 1 aromatic rings. The quantitative estimate of drug-likeness (QED) is 0.847. The standard InChI is InChI=1S/C21H32N2O3/c1-25-19-9-7-16(15-20(19)26-2)6-8-18-5-3-4-14-23(18)21(24)17-10-12-22-13-11-17/h7,9,15,17-18,22H,3-6,8,10-14H2,1-2H3/t18-/m1/s1. The number of likely N-dealkylation sites (tertiary alicyclic amines) is 1. The molecule has 1 atom stereocenters. The molecule has 0 spiro atoms. The Morgan fingerprint density at radius 3 is 2.62 bits per heavy atom. The summed E-state index contributed by atoms with van der Waals surface area (Å²) in [6, 6.07) is 6.50. The summed E-state index contributed by atoms with van der Waals surface area (Å²) in [5, 5.41) is 3.36. The van der Waals surface area contributed by atoms with Crippen LogP contribution in [-0.2, 0) is 11.2 Å². The average molecular weight is 360 g/mol. The van der Waals surface area contributed by atoms with Crippen LogP contribution in [0, 0.1) is 5.92 Å². The molecule has 5 heteroatoms. The Labute approximate surface area is 157 Å². The summed E-state index contributed by atoms with van der Waals surface area (Å²) in [7, 11) is 3.33. The highest BCUT2D eigenvalue weighted by Crippen LogP contribution is 2.30. The summed E-state index contributed by atoms with van der Waals surface area (Å²) in [5.41, 5.74) is 1.24. The lowest BCUT2D eigenvalue weighted by Crippen LogP contribution is -2.48. The lowest BCUT2D eigenvalue weighted by Gasteiger charge is -2.39. The molecule has 3 rings (SSSR count). The lowest BCUT2D eigenvalue weighted by molar-refractivity contribution is -0.140. The molecular weight excluding hydrogens is 328 g/mol. The van der Waals surface area contributed by atoms with Gasteiger partial charge in [-0.15, -0.1) is 0 Å². The number of aryl methyl sites for hydroxylation is 1. The number of nitrogens with zero attached hydrogens (tertiary/aromatic N) is 1. The Hall–Kier alpha value is -1.75. The first kappa shape index (κ1) is 19.0. The molecule has 2 heterocycles. The second-order valence-electron chi connectivity index (χ2n) is 7.43. The van der Waals surface area contributed by atoms with Gasteiger partial charge in [-0.2, -0.15) is 0 Å². The van der Waals surface area contributed by atoms with Crippen molar-refractivity contribution in [3.63, 3.8) is 0 Å². The van der Waals surface area contributed by atoms with E-state index in [1.165, 1.54) is 12.0 Å². The molecule has 2 fully saturated rings. The molecule has 144 valence electrons. The van der Waals surface area contributed by atoms with Crippen molar-refractivity contribution in [1.82, 2.24) is 10.2 Å². The van der Waals surface area contributed by atoms with Gasteiger partial charge in [0.05, 0.1) is 14.2 Å². The van der Waals surface area contributed by atoms with Crippen LogP contribution in [0.4, 0.5) is 0 Å². The summed E-state index contributed by atoms with van der Waals surface area (Å²) in [4.78, 5) is 15.2. The lowest BCUT2D eigenvalue weighted by atomic mass is 9.91. The number of hydrogen-bond acceptors (Lipinski definition) is 4. The Bertz CT molecular complexity index is 599. The van der Waals surface area contributed by atoms with Crippen LogP contribution in [-0.4, -0.2) is 50.7 Å². The fourth-order valence-electron chi connectivity index (χ4n) is 4.26. The zero-order valence-corrected chi connectivity index (χ0v) is 16.1. The molecule has 2 saturated heterocycles. The molecule has 2 aliphatic heterocycles. The number of carbonyl (C=O) groups excluding carboxylic acids is 1. The number of ether oxygens (including phenoxy) is 2. The van der Waals surface area contributed by atoms with Crippen molar-refractivity contribution in [2.24, 2.45) is 5.92 Å². The molecule has 2 aliphatic rings. The highest BCUT2D eigenvalue weighted by atomic mass is 16.5. The molecule has 0 radical (unpaired) electrons. The Morgan fingerprint density at radius 1 is 1.12 bits per heavy atom. The number of piperidine rings is 2. The van der Waals surface area contributed by atoms with Gasteiger partial charge < -0.3 is 19.7 Å². The normalized spacial score (nSPS) is 21.5. The summed E-state index contributed by atoms with van der Waals surface area (Å²) < 4.78 is 10.7. The number of methoxy groups -OCH3 is 2. The molecule has 0 aliphatic carbocycles. The molecule has 0 unspecified atom stereocenters. The van der Waals surface area contributed by atoms with E-state index in [-0.39, 0.29) is 5.92 Å². The first-order valence-electron chi connectivity index (χ1n) is 9.95. The summed E-state index contributed by atoms with van der Waals surface area (Å²) in [5.74, 6) is 2.15. The zero-order valence-electron chi connectivity index (χ0n) is 16.1. The highest BCUT2D eigenvalue weighted by Gasteiger charge is 2.31. The number of rotatable bonds is 6. The SMILES string of the molecule is COc1ccc(CC[C@H]2CCCCN2C(=O)C2CCNCC2)cc1OC. The van der Waals surface area contributed by atoms with E-state index in [0.717, 1.165) is 69.7 Å². The van der Waals surface area contributed by atoms with Crippen molar-refractivity contribution in [2.45, 2.75) is 51.0 Å². The third-order valence-electron chi connectivity index (χ3n) is 5.81. The first-order chi connectivity index (χ1) is 12.7. The first-order valence-corrected chi connectivity index (χ1v) is 9.95. The largest absolute Gasteiger partial charge is 0.493 e. The predicted octanol–water partition coefficient (Wildman–Crippen LogP) is 3.02. The van der Waals surface area contributed by atoms with Crippen molar-refractivity contribution in [2.75, 3.05) is 33.9 Å². The molecule has 5 nitrogen and oxygen atoms in total. The molecular formula is C21H32N2O3. The van der Waals surface area contributed by atoms with Gasteiger partial charge in [0.2, 0.25) is 5.91 Å². The van der Waals surface area contributed by atoms with Gasteiger partial charge in [-0.1, -0.05) is 6.07 Å². The Kier molecular flexibility index (Phi) is 6.78. The summed E-state index contributed by atoms with van der Waals surface area (Å²) in [6.07, 6.45) is 7.45. The van der Waals surface area contributed by atoms with E-state index in [1.807, 2.05) is 6.07 Å². The van der Waals surface area contributed by atoms with E-state index in [2.05, 4.69) is 22.3 Å². The summed E-state index contributed by atoms with van der Waals surface area (Å²) in [6.45, 7) is 2.88. The second-order valence-corrected chi connectivity index (χ2v) is 7.43. The molecule has 1 N–H and O–H groups in total. The molecule has 1 aromatic carbocycles. The maximum atomic E-state index is 13.0. The summed E-state index contributed by atoms with van der Waals surface area (Å²) >= 11 is 0. The maximum absolute atomic E-state index is 13.0. The van der Waals surface area contributed by atoms with Gasteiger partial charge in [-0.3, -0.25) is 4.79 Å². The van der Waals surface area contributed by atoms with E-state index in [4.69, 9.17) is 9.47 Å². The minimum Gasteiger partial charge on any atom is -0.493 e. The van der Waals surface area contributed by atoms with Crippen molar-refractivity contribution in [3.8, 4) is 11.5 Å². The molecule has 0 saturated carbocycles. The van der Waals surface area contributed by atoms with Gasteiger partial charge >= 0.3 is 0 Å². The Balaban J connectivity index is 1.62. The van der Waals surface area contributed by atoms with Crippen LogP contribution >= 0.6 is 0 Å². The highest BCUT2D eigenvalue weighted by molar-refractivity contribution is 5.79. The van der Waals surface area contributed by atoms with Crippen molar-refractivity contribution in [1.29, 1.82) is 0 Å². The smallest absolute Gasteiger partial charge is 0.226 e. The van der Waals surface area contributed by atoms with Gasteiger partial charge in [0, 0.05) is 18.5 Å². The average Bonchev–Trinajstić information content (AvgIpc) is 2.72. The van der Waals surface area contributed by atoms with E-state index < -0.39 is 0 Å². The van der Waals surface area contributed by atoms with Crippen molar-refractivity contribution < 1.29 is 14.3 Å². The van der Waals surface area contributed by atoms with Crippen LogP contribution < -0.4 is 14.8 Å². The topological polar surface area (TPSA) is 50.8 Å². The third kappa shape index (κ3) is 4.50. The monoisotopic (exact) mass is 360 g/mol. The number of carbonyl (C=O) groups is 1. The van der Waals surface area contributed by atoms with E-state index >= 15 is 0 Å².